The van der Waals surface area contributed by atoms with Gasteiger partial charge in [-0.2, -0.15) is 0 Å². The predicted molar refractivity (Wildman–Crippen MR) is 56.2 cm³/mol. The van der Waals surface area contributed by atoms with Gasteiger partial charge in [-0.15, -0.1) is 0 Å². The number of nitrogens with one attached hydrogen (secondary N) is 1. The van der Waals surface area contributed by atoms with Gasteiger partial charge in [-0.1, -0.05) is 12.8 Å². The minimum Gasteiger partial charge on any atom is -0.314 e. The van der Waals surface area contributed by atoms with Crippen molar-refractivity contribution in [1.29, 1.82) is 0 Å². The molecule has 3 heteroatoms. The molecule has 2 rings (SSSR count). The molecule has 76 valence electrons. The van der Waals surface area contributed by atoms with Crippen molar-refractivity contribution in [3.8, 4) is 0 Å². The lowest BCUT2D eigenvalue weighted by Crippen LogP contribution is -2.36. The highest BCUT2D eigenvalue weighted by Crippen LogP contribution is 2.31. The van der Waals surface area contributed by atoms with E-state index in [1.807, 2.05) is 0 Å². The van der Waals surface area contributed by atoms with Crippen molar-refractivity contribution in [2.75, 3.05) is 18.1 Å². The van der Waals surface area contributed by atoms with Crippen LogP contribution in [0.25, 0.3) is 0 Å². The molecule has 0 aromatic heterocycles. The quantitative estimate of drug-likeness (QED) is 0.742. The maximum Gasteiger partial charge on any atom is 0.0249 e. The van der Waals surface area contributed by atoms with E-state index in [4.69, 9.17) is 0 Å². The van der Waals surface area contributed by atoms with Crippen LogP contribution >= 0.6 is 0 Å². The highest BCUT2D eigenvalue weighted by Gasteiger charge is 2.22. The standard InChI is InChI=1S/C10H19NOS/c12-13-7-4-10(5-8-13)11-6-3-9-1-2-9/h9-11H,1-8H2. The number of hydrogen-bond donors (Lipinski definition) is 1. The third-order valence-electron chi connectivity index (χ3n) is 3.07. The summed E-state index contributed by atoms with van der Waals surface area (Å²) in [6.07, 6.45) is 6.51. The lowest BCUT2D eigenvalue weighted by Gasteiger charge is -2.22. The second kappa shape index (κ2) is 4.56. The van der Waals surface area contributed by atoms with Crippen LogP contribution in [0.5, 0.6) is 0 Å². The molecule has 0 radical (unpaired) electrons. The van der Waals surface area contributed by atoms with Gasteiger partial charge in [0.2, 0.25) is 0 Å². The average molecular weight is 201 g/mol. The van der Waals surface area contributed by atoms with Gasteiger partial charge >= 0.3 is 0 Å². The fourth-order valence-electron chi connectivity index (χ4n) is 1.90. The van der Waals surface area contributed by atoms with E-state index in [-0.39, 0.29) is 0 Å². The molecule has 1 heterocycles. The van der Waals surface area contributed by atoms with Crippen LogP contribution in [0.4, 0.5) is 0 Å². The second-order valence-electron chi connectivity index (χ2n) is 4.31. The molecule has 1 N–H and O–H groups in total. The third kappa shape index (κ3) is 3.39. The molecule has 13 heavy (non-hydrogen) atoms. The predicted octanol–water partition coefficient (Wildman–Crippen LogP) is 1.29. The Morgan fingerprint density at radius 1 is 1.15 bits per heavy atom. The normalized spacial score (nSPS) is 34.8. The van der Waals surface area contributed by atoms with Crippen LogP contribution in [0.2, 0.25) is 0 Å². The van der Waals surface area contributed by atoms with E-state index in [0.717, 1.165) is 30.3 Å². The van der Waals surface area contributed by atoms with E-state index >= 15 is 0 Å². The molecular weight excluding hydrogens is 182 g/mol. The zero-order chi connectivity index (χ0) is 9.10. The van der Waals surface area contributed by atoms with E-state index in [1.165, 1.54) is 25.8 Å². The average Bonchev–Trinajstić information content (AvgIpc) is 2.92. The molecule has 2 fully saturated rings. The monoisotopic (exact) mass is 201 g/mol. The molecule has 2 nitrogen and oxygen atoms in total. The van der Waals surface area contributed by atoms with Crippen LogP contribution in [-0.2, 0) is 10.8 Å². The summed E-state index contributed by atoms with van der Waals surface area (Å²) >= 11 is 0. The summed E-state index contributed by atoms with van der Waals surface area (Å²) in [5, 5.41) is 3.58. The Morgan fingerprint density at radius 3 is 2.46 bits per heavy atom. The van der Waals surface area contributed by atoms with Gasteiger partial charge in [-0.25, -0.2) is 0 Å². The van der Waals surface area contributed by atoms with Gasteiger partial charge in [0, 0.05) is 28.3 Å². The van der Waals surface area contributed by atoms with Crippen molar-refractivity contribution in [2.45, 2.75) is 38.1 Å². The molecule has 0 aromatic rings. The summed E-state index contributed by atoms with van der Waals surface area (Å²) < 4.78 is 11.1. The maximum absolute atomic E-state index is 11.1. The van der Waals surface area contributed by atoms with Gasteiger partial charge in [0.15, 0.2) is 0 Å². The minimum absolute atomic E-state index is 0.503. The summed E-state index contributed by atoms with van der Waals surface area (Å²) in [6, 6.07) is 0.663. The molecule has 0 unspecified atom stereocenters. The fourth-order valence-corrected chi connectivity index (χ4v) is 3.19. The molecule has 1 aliphatic carbocycles. The maximum atomic E-state index is 11.1. The Labute approximate surface area is 82.9 Å². The Morgan fingerprint density at radius 2 is 1.85 bits per heavy atom. The lowest BCUT2D eigenvalue weighted by atomic mass is 10.1. The van der Waals surface area contributed by atoms with E-state index in [0.29, 0.717) is 6.04 Å². The molecule has 0 bridgehead atoms. The number of rotatable bonds is 4. The van der Waals surface area contributed by atoms with Crippen LogP contribution in [0.3, 0.4) is 0 Å². The molecule has 1 saturated heterocycles. The van der Waals surface area contributed by atoms with Crippen LogP contribution in [-0.4, -0.2) is 28.3 Å². The SMILES string of the molecule is O=S1CCC(NCCC2CC2)CC1. The van der Waals surface area contributed by atoms with Crippen LogP contribution < -0.4 is 5.32 Å². The molecule has 1 aliphatic heterocycles. The van der Waals surface area contributed by atoms with Crippen LogP contribution in [0.15, 0.2) is 0 Å². The Hall–Kier alpha value is 0.110. The van der Waals surface area contributed by atoms with Gasteiger partial charge in [0.25, 0.3) is 0 Å². The summed E-state index contributed by atoms with van der Waals surface area (Å²) in [5.74, 6) is 2.87. The van der Waals surface area contributed by atoms with Crippen molar-refractivity contribution < 1.29 is 4.21 Å². The molecule has 0 amide bonds. The first kappa shape index (κ1) is 9.66. The summed E-state index contributed by atoms with van der Waals surface area (Å²) in [7, 11) is -0.503. The van der Waals surface area contributed by atoms with E-state index in [9.17, 15) is 4.21 Å². The number of hydrogen-bond acceptors (Lipinski definition) is 2. The van der Waals surface area contributed by atoms with Gasteiger partial charge in [0.05, 0.1) is 0 Å². The Bertz CT molecular complexity index is 181. The second-order valence-corrected chi connectivity index (χ2v) is 6.00. The topological polar surface area (TPSA) is 29.1 Å². The van der Waals surface area contributed by atoms with Gasteiger partial charge < -0.3 is 5.32 Å². The van der Waals surface area contributed by atoms with Crippen molar-refractivity contribution in [3.63, 3.8) is 0 Å². The first-order valence-electron chi connectivity index (χ1n) is 5.43. The van der Waals surface area contributed by atoms with Gasteiger partial charge in [-0.3, -0.25) is 4.21 Å². The van der Waals surface area contributed by atoms with E-state index < -0.39 is 10.8 Å². The van der Waals surface area contributed by atoms with Crippen molar-refractivity contribution in [1.82, 2.24) is 5.32 Å². The molecule has 0 spiro atoms. The first-order valence-corrected chi connectivity index (χ1v) is 6.92. The lowest BCUT2D eigenvalue weighted by molar-refractivity contribution is 0.463. The highest BCUT2D eigenvalue weighted by atomic mass is 32.2. The van der Waals surface area contributed by atoms with E-state index in [1.54, 1.807) is 0 Å². The van der Waals surface area contributed by atoms with Crippen molar-refractivity contribution >= 4 is 10.8 Å². The summed E-state index contributed by atoms with van der Waals surface area (Å²) in [5.41, 5.74) is 0. The molecule has 0 atom stereocenters. The zero-order valence-corrected chi connectivity index (χ0v) is 8.94. The fraction of sp³-hybridized carbons (Fsp3) is 1.00. The van der Waals surface area contributed by atoms with Crippen molar-refractivity contribution in [3.05, 3.63) is 0 Å². The van der Waals surface area contributed by atoms with Crippen LogP contribution in [0.1, 0.15) is 32.1 Å². The molecular formula is C10H19NOS. The summed E-state index contributed by atoms with van der Waals surface area (Å²) in [6.45, 7) is 1.18. The first-order chi connectivity index (χ1) is 6.34. The largest absolute Gasteiger partial charge is 0.314 e. The molecule has 1 saturated carbocycles. The van der Waals surface area contributed by atoms with Gasteiger partial charge in [-0.05, 0) is 31.7 Å². The van der Waals surface area contributed by atoms with Crippen LogP contribution in [0, 0.1) is 5.92 Å². The molecule has 0 aromatic carbocycles. The third-order valence-corrected chi connectivity index (χ3v) is 4.45. The smallest absolute Gasteiger partial charge is 0.0249 e. The summed E-state index contributed by atoms with van der Waals surface area (Å²) in [4.78, 5) is 0. The van der Waals surface area contributed by atoms with Gasteiger partial charge in [0.1, 0.15) is 0 Å². The zero-order valence-electron chi connectivity index (χ0n) is 8.13. The minimum atomic E-state index is -0.503. The molecule has 2 aliphatic rings. The Balaban J connectivity index is 1.56. The van der Waals surface area contributed by atoms with Crippen molar-refractivity contribution in [2.24, 2.45) is 5.92 Å². The Kier molecular flexibility index (Phi) is 3.39. The van der Waals surface area contributed by atoms with E-state index in [2.05, 4.69) is 5.32 Å². The highest BCUT2D eigenvalue weighted by molar-refractivity contribution is 7.85.